The summed E-state index contributed by atoms with van der Waals surface area (Å²) in [7, 11) is 0. The first-order chi connectivity index (χ1) is 4.88. The largest absolute Gasteiger partial charge is 0.330 e. The van der Waals surface area contributed by atoms with Crippen molar-refractivity contribution in [3.8, 4) is 0 Å². The second-order valence-electron chi connectivity index (χ2n) is 2.55. The monoisotopic (exact) mass is 142 g/mol. The summed E-state index contributed by atoms with van der Waals surface area (Å²) >= 11 is 0. The fourth-order valence-electron chi connectivity index (χ4n) is 1.32. The highest BCUT2D eigenvalue weighted by Gasteiger charge is 2.18. The number of carbonyl (C=O) groups excluding carboxylic acids is 1. The number of nitrogens with one attached hydrogen (secondary N) is 1. The minimum absolute atomic E-state index is 0.308. The average Bonchev–Trinajstić information content (AvgIpc) is 2.43. The first-order valence-electron chi connectivity index (χ1n) is 3.83. The Hall–Kier alpha value is -0.570. The van der Waals surface area contributed by atoms with Gasteiger partial charge in [-0.2, -0.15) is 0 Å². The Balaban J connectivity index is 2.36. The van der Waals surface area contributed by atoms with Crippen LogP contribution in [-0.2, 0) is 4.79 Å². The van der Waals surface area contributed by atoms with Crippen LogP contribution in [0.25, 0.3) is 0 Å². The van der Waals surface area contributed by atoms with E-state index in [-0.39, 0.29) is 0 Å². The molecular formula is C7H14N2O. The summed E-state index contributed by atoms with van der Waals surface area (Å²) in [5.41, 5.74) is 0. The Labute approximate surface area is 61.4 Å². The van der Waals surface area contributed by atoms with Crippen molar-refractivity contribution in [3.63, 3.8) is 0 Å². The van der Waals surface area contributed by atoms with Gasteiger partial charge in [0, 0.05) is 6.54 Å². The zero-order valence-electron chi connectivity index (χ0n) is 6.34. The van der Waals surface area contributed by atoms with Crippen molar-refractivity contribution in [2.24, 2.45) is 0 Å². The minimum atomic E-state index is 0.308. The molecule has 1 aliphatic heterocycles. The molecule has 0 spiro atoms. The maximum absolute atomic E-state index is 10.4. The molecule has 3 nitrogen and oxygen atoms in total. The molecule has 0 aromatic carbocycles. The summed E-state index contributed by atoms with van der Waals surface area (Å²) in [6.07, 6.45) is 3.52. The van der Waals surface area contributed by atoms with Gasteiger partial charge in [0.1, 0.15) is 0 Å². The molecule has 1 saturated heterocycles. The van der Waals surface area contributed by atoms with Gasteiger partial charge in [0.2, 0.25) is 6.41 Å². The van der Waals surface area contributed by atoms with E-state index in [0.717, 1.165) is 25.9 Å². The maximum atomic E-state index is 10.4. The smallest absolute Gasteiger partial charge is 0.210 e. The standard InChI is InChI=1S/C7H14N2O/c1-2-9(6-10)7-4-3-5-8-7/h6-8H,2-5H2,1H3. The van der Waals surface area contributed by atoms with Gasteiger partial charge in [-0.05, 0) is 26.3 Å². The maximum Gasteiger partial charge on any atom is 0.210 e. The molecule has 3 heteroatoms. The summed E-state index contributed by atoms with van der Waals surface area (Å²) in [5, 5.41) is 3.25. The summed E-state index contributed by atoms with van der Waals surface area (Å²) < 4.78 is 0. The normalized spacial score (nSPS) is 24.7. The van der Waals surface area contributed by atoms with Gasteiger partial charge >= 0.3 is 0 Å². The lowest BCUT2D eigenvalue weighted by molar-refractivity contribution is -0.120. The van der Waals surface area contributed by atoms with E-state index in [1.165, 1.54) is 6.42 Å². The molecule has 10 heavy (non-hydrogen) atoms. The third-order valence-electron chi connectivity index (χ3n) is 1.94. The average molecular weight is 142 g/mol. The van der Waals surface area contributed by atoms with Crippen molar-refractivity contribution in [2.75, 3.05) is 13.1 Å². The number of amides is 1. The van der Waals surface area contributed by atoms with Gasteiger partial charge in [0.25, 0.3) is 0 Å². The quantitative estimate of drug-likeness (QED) is 0.570. The molecule has 1 fully saturated rings. The second-order valence-corrected chi connectivity index (χ2v) is 2.55. The number of rotatable bonds is 3. The number of nitrogens with zero attached hydrogens (tertiary/aromatic N) is 1. The van der Waals surface area contributed by atoms with Gasteiger partial charge in [0.15, 0.2) is 0 Å². The first-order valence-corrected chi connectivity index (χ1v) is 3.83. The summed E-state index contributed by atoms with van der Waals surface area (Å²) in [6, 6.07) is 0. The summed E-state index contributed by atoms with van der Waals surface area (Å²) in [6.45, 7) is 3.85. The van der Waals surface area contributed by atoms with E-state index in [9.17, 15) is 4.79 Å². The SMILES string of the molecule is CCN(C=O)C1CCCN1. The van der Waals surface area contributed by atoms with E-state index in [0.29, 0.717) is 6.17 Å². The Morgan fingerprint density at radius 2 is 2.60 bits per heavy atom. The molecule has 0 aliphatic carbocycles. The van der Waals surface area contributed by atoms with Crippen molar-refractivity contribution in [3.05, 3.63) is 0 Å². The Morgan fingerprint density at radius 3 is 3.00 bits per heavy atom. The van der Waals surface area contributed by atoms with E-state index in [1.807, 2.05) is 6.92 Å². The third-order valence-corrected chi connectivity index (χ3v) is 1.94. The van der Waals surface area contributed by atoms with Gasteiger partial charge in [-0.15, -0.1) is 0 Å². The molecule has 0 aromatic rings. The van der Waals surface area contributed by atoms with E-state index in [1.54, 1.807) is 4.90 Å². The van der Waals surface area contributed by atoms with E-state index in [4.69, 9.17) is 0 Å². The first kappa shape index (κ1) is 7.54. The van der Waals surface area contributed by atoms with Crippen molar-refractivity contribution in [2.45, 2.75) is 25.9 Å². The molecule has 1 aliphatic rings. The van der Waals surface area contributed by atoms with Crippen LogP contribution in [0.5, 0.6) is 0 Å². The molecule has 58 valence electrons. The molecule has 0 aromatic heterocycles. The van der Waals surface area contributed by atoms with Crippen LogP contribution < -0.4 is 5.32 Å². The molecule has 0 radical (unpaired) electrons. The van der Waals surface area contributed by atoms with Gasteiger partial charge < -0.3 is 4.90 Å². The lowest BCUT2D eigenvalue weighted by atomic mass is 10.3. The highest BCUT2D eigenvalue weighted by molar-refractivity contribution is 5.47. The van der Waals surface area contributed by atoms with Gasteiger partial charge in [-0.25, -0.2) is 0 Å². The fourth-order valence-corrected chi connectivity index (χ4v) is 1.32. The van der Waals surface area contributed by atoms with Crippen LogP contribution in [0.1, 0.15) is 19.8 Å². The predicted molar refractivity (Wildman–Crippen MR) is 39.5 cm³/mol. The number of carbonyl (C=O) groups is 1. The molecule has 1 amide bonds. The van der Waals surface area contributed by atoms with Gasteiger partial charge in [-0.1, -0.05) is 0 Å². The van der Waals surface area contributed by atoms with Crippen LogP contribution in [0, 0.1) is 0 Å². The van der Waals surface area contributed by atoms with Crippen molar-refractivity contribution in [1.82, 2.24) is 10.2 Å². The molecule has 1 N–H and O–H groups in total. The number of hydrogen-bond donors (Lipinski definition) is 1. The predicted octanol–water partition coefficient (Wildman–Crippen LogP) is 0.174. The third kappa shape index (κ3) is 1.48. The zero-order chi connectivity index (χ0) is 7.40. The second kappa shape index (κ2) is 3.56. The molecule has 1 heterocycles. The Morgan fingerprint density at radius 1 is 1.80 bits per heavy atom. The van der Waals surface area contributed by atoms with Crippen LogP contribution in [0.2, 0.25) is 0 Å². The zero-order valence-corrected chi connectivity index (χ0v) is 6.34. The van der Waals surface area contributed by atoms with E-state index in [2.05, 4.69) is 5.32 Å². The van der Waals surface area contributed by atoms with Crippen LogP contribution in [0.15, 0.2) is 0 Å². The van der Waals surface area contributed by atoms with Crippen molar-refractivity contribution < 1.29 is 4.79 Å². The molecule has 1 atom stereocenters. The molecule has 1 unspecified atom stereocenters. The molecule has 0 saturated carbocycles. The fraction of sp³-hybridized carbons (Fsp3) is 0.857. The van der Waals surface area contributed by atoms with Crippen LogP contribution in [0.3, 0.4) is 0 Å². The summed E-state index contributed by atoms with van der Waals surface area (Å²) in [4.78, 5) is 12.2. The highest BCUT2D eigenvalue weighted by atomic mass is 16.1. The number of hydrogen-bond acceptors (Lipinski definition) is 2. The lowest BCUT2D eigenvalue weighted by Crippen LogP contribution is -2.40. The van der Waals surface area contributed by atoms with E-state index < -0.39 is 0 Å². The van der Waals surface area contributed by atoms with Gasteiger partial charge in [0.05, 0.1) is 6.17 Å². The Kier molecular flexibility index (Phi) is 2.68. The summed E-state index contributed by atoms with van der Waals surface area (Å²) in [5.74, 6) is 0. The van der Waals surface area contributed by atoms with Crippen molar-refractivity contribution >= 4 is 6.41 Å². The van der Waals surface area contributed by atoms with Crippen LogP contribution >= 0.6 is 0 Å². The topological polar surface area (TPSA) is 32.3 Å². The van der Waals surface area contributed by atoms with Gasteiger partial charge in [-0.3, -0.25) is 10.1 Å². The van der Waals surface area contributed by atoms with Crippen LogP contribution in [0.4, 0.5) is 0 Å². The van der Waals surface area contributed by atoms with E-state index >= 15 is 0 Å². The Bertz CT molecular complexity index is 110. The minimum Gasteiger partial charge on any atom is -0.330 e. The molecule has 0 bridgehead atoms. The molecular weight excluding hydrogens is 128 g/mol. The van der Waals surface area contributed by atoms with Crippen molar-refractivity contribution in [1.29, 1.82) is 0 Å². The van der Waals surface area contributed by atoms with Crippen LogP contribution in [-0.4, -0.2) is 30.6 Å². The molecule has 1 rings (SSSR count). The highest BCUT2D eigenvalue weighted by Crippen LogP contribution is 2.07. The lowest BCUT2D eigenvalue weighted by Gasteiger charge is -2.22.